The third-order valence-corrected chi connectivity index (χ3v) is 3.62. The highest BCUT2D eigenvalue weighted by molar-refractivity contribution is 6.05. The van der Waals surface area contributed by atoms with Gasteiger partial charge in [0.15, 0.2) is 0 Å². The molecule has 0 aromatic heterocycles. The first kappa shape index (κ1) is 13.0. The standard InChI is InChI=1S/C12H19N3O3/c1-8(11(17)15-5-3-4-6-15)13-9-7-10(16)14(2)12(9)18/h8-9,13H,3-7H2,1-2H3. The molecule has 0 aliphatic carbocycles. The lowest BCUT2D eigenvalue weighted by Crippen LogP contribution is -2.49. The fourth-order valence-corrected chi connectivity index (χ4v) is 2.47. The van der Waals surface area contributed by atoms with Crippen LogP contribution in [0.3, 0.4) is 0 Å². The van der Waals surface area contributed by atoms with E-state index in [0.29, 0.717) is 0 Å². The molecule has 2 atom stereocenters. The molecule has 100 valence electrons. The van der Waals surface area contributed by atoms with Crippen molar-refractivity contribution in [3.63, 3.8) is 0 Å². The van der Waals surface area contributed by atoms with E-state index in [2.05, 4.69) is 5.32 Å². The van der Waals surface area contributed by atoms with Crippen LogP contribution in [0, 0.1) is 0 Å². The lowest BCUT2D eigenvalue weighted by Gasteiger charge is -2.23. The zero-order chi connectivity index (χ0) is 13.3. The van der Waals surface area contributed by atoms with Gasteiger partial charge < -0.3 is 4.90 Å². The predicted octanol–water partition coefficient (Wildman–Crippen LogP) is -0.656. The first-order valence-corrected chi connectivity index (χ1v) is 6.36. The van der Waals surface area contributed by atoms with Gasteiger partial charge in [0.2, 0.25) is 17.7 Å². The number of amides is 3. The van der Waals surface area contributed by atoms with Crippen molar-refractivity contribution in [2.24, 2.45) is 0 Å². The molecule has 0 aromatic carbocycles. The van der Waals surface area contributed by atoms with Gasteiger partial charge in [0.05, 0.1) is 18.5 Å². The predicted molar refractivity (Wildman–Crippen MR) is 64.6 cm³/mol. The molecular weight excluding hydrogens is 234 g/mol. The smallest absolute Gasteiger partial charge is 0.246 e. The highest BCUT2D eigenvalue weighted by Crippen LogP contribution is 2.13. The monoisotopic (exact) mass is 253 g/mol. The van der Waals surface area contributed by atoms with Crippen LogP contribution in [0.4, 0.5) is 0 Å². The third kappa shape index (κ3) is 2.38. The zero-order valence-electron chi connectivity index (χ0n) is 10.8. The van der Waals surface area contributed by atoms with Crippen molar-refractivity contribution in [3.8, 4) is 0 Å². The summed E-state index contributed by atoms with van der Waals surface area (Å²) in [6.45, 7) is 3.33. The van der Waals surface area contributed by atoms with Gasteiger partial charge in [0.25, 0.3) is 0 Å². The number of nitrogens with zero attached hydrogens (tertiary/aromatic N) is 2. The largest absolute Gasteiger partial charge is 0.341 e. The fraction of sp³-hybridized carbons (Fsp3) is 0.750. The normalized spacial score (nSPS) is 26.0. The Morgan fingerprint density at radius 1 is 1.33 bits per heavy atom. The van der Waals surface area contributed by atoms with Crippen LogP contribution in [-0.4, -0.2) is 59.7 Å². The molecule has 18 heavy (non-hydrogen) atoms. The third-order valence-electron chi connectivity index (χ3n) is 3.62. The van der Waals surface area contributed by atoms with Gasteiger partial charge in [-0.15, -0.1) is 0 Å². The summed E-state index contributed by atoms with van der Waals surface area (Å²) in [5.41, 5.74) is 0. The van der Waals surface area contributed by atoms with Crippen LogP contribution in [0.25, 0.3) is 0 Å². The maximum Gasteiger partial charge on any atom is 0.246 e. The number of carbonyl (C=O) groups excluding carboxylic acids is 3. The zero-order valence-corrected chi connectivity index (χ0v) is 10.8. The number of hydrogen-bond acceptors (Lipinski definition) is 4. The number of hydrogen-bond donors (Lipinski definition) is 1. The van der Waals surface area contributed by atoms with Gasteiger partial charge in [0.1, 0.15) is 0 Å². The summed E-state index contributed by atoms with van der Waals surface area (Å²) < 4.78 is 0. The summed E-state index contributed by atoms with van der Waals surface area (Å²) in [6, 6.07) is -0.972. The Morgan fingerprint density at radius 2 is 1.94 bits per heavy atom. The SMILES string of the molecule is CC(NC1CC(=O)N(C)C1=O)C(=O)N1CCCC1. The van der Waals surface area contributed by atoms with E-state index in [4.69, 9.17) is 0 Å². The molecule has 2 heterocycles. The summed E-state index contributed by atoms with van der Waals surface area (Å²) in [5, 5.41) is 2.96. The van der Waals surface area contributed by atoms with Crippen molar-refractivity contribution in [1.82, 2.24) is 15.1 Å². The fourth-order valence-electron chi connectivity index (χ4n) is 2.47. The number of likely N-dealkylation sites (N-methyl/N-ethyl adjacent to an activating group) is 1. The second kappa shape index (κ2) is 5.06. The van der Waals surface area contributed by atoms with E-state index in [1.54, 1.807) is 6.92 Å². The van der Waals surface area contributed by atoms with Gasteiger partial charge >= 0.3 is 0 Å². The van der Waals surface area contributed by atoms with Crippen LogP contribution in [0.5, 0.6) is 0 Å². The highest BCUT2D eigenvalue weighted by Gasteiger charge is 2.38. The lowest BCUT2D eigenvalue weighted by molar-refractivity contribution is -0.137. The number of imide groups is 1. The molecule has 2 aliphatic rings. The Labute approximate surface area is 106 Å². The molecule has 3 amide bonds. The first-order valence-electron chi connectivity index (χ1n) is 6.36. The molecule has 0 spiro atoms. The van der Waals surface area contributed by atoms with E-state index in [0.717, 1.165) is 30.8 Å². The maximum atomic E-state index is 12.1. The summed E-state index contributed by atoms with van der Waals surface area (Å²) in [6.07, 6.45) is 2.23. The van der Waals surface area contributed by atoms with E-state index >= 15 is 0 Å². The van der Waals surface area contributed by atoms with E-state index in [1.165, 1.54) is 7.05 Å². The first-order chi connectivity index (χ1) is 8.50. The summed E-state index contributed by atoms with van der Waals surface area (Å²) in [7, 11) is 1.47. The second-order valence-electron chi connectivity index (χ2n) is 4.97. The number of likely N-dealkylation sites (tertiary alicyclic amines) is 2. The minimum absolute atomic E-state index is 0.0160. The Balaban J connectivity index is 1.91. The molecule has 6 nitrogen and oxygen atoms in total. The lowest BCUT2D eigenvalue weighted by atomic mass is 10.2. The van der Waals surface area contributed by atoms with Crippen LogP contribution in [0.1, 0.15) is 26.2 Å². The van der Waals surface area contributed by atoms with Gasteiger partial charge in [-0.05, 0) is 19.8 Å². The molecule has 1 N–H and O–H groups in total. The van der Waals surface area contributed by atoms with E-state index < -0.39 is 12.1 Å². The van der Waals surface area contributed by atoms with E-state index in [1.807, 2.05) is 4.90 Å². The van der Waals surface area contributed by atoms with Gasteiger partial charge in [-0.2, -0.15) is 0 Å². The Morgan fingerprint density at radius 3 is 2.44 bits per heavy atom. The highest BCUT2D eigenvalue weighted by atomic mass is 16.2. The van der Waals surface area contributed by atoms with Crippen LogP contribution in [0.15, 0.2) is 0 Å². The molecule has 2 unspecified atom stereocenters. The van der Waals surface area contributed by atoms with Gasteiger partial charge in [0, 0.05) is 20.1 Å². The number of nitrogens with one attached hydrogen (secondary N) is 1. The molecule has 0 bridgehead atoms. The van der Waals surface area contributed by atoms with Crippen molar-refractivity contribution < 1.29 is 14.4 Å². The molecule has 0 radical (unpaired) electrons. The summed E-state index contributed by atoms with van der Waals surface area (Å²) in [5.74, 6) is -0.429. The van der Waals surface area contributed by atoms with Crippen molar-refractivity contribution in [3.05, 3.63) is 0 Å². The summed E-state index contributed by atoms with van der Waals surface area (Å²) >= 11 is 0. The average Bonchev–Trinajstić information content (AvgIpc) is 2.94. The van der Waals surface area contributed by atoms with E-state index in [-0.39, 0.29) is 24.1 Å². The average molecular weight is 253 g/mol. The Bertz CT molecular complexity index is 377. The van der Waals surface area contributed by atoms with Gasteiger partial charge in [-0.3, -0.25) is 24.6 Å². The minimum atomic E-state index is -0.552. The minimum Gasteiger partial charge on any atom is -0.341 e. The van der Waals surface area contributed by atoms with Crippen molar-refractivity contribution in [2.45, 2.75) is 38.3 Å². The molecule has 2 fully saturated rings. The van der Waals surface area contributed by atoms with Crippen molar-refractivity contribution >= 4 is 17.7 Å². The maximum absolute atomic E-state index is 12.1. The molecule has 0 aromatic rings. The van der Waals surface area contributed by atoms with Crippen LogP contribution < -0.4 is 5.32 Å². The van der Waals surface area contributed by atoms with Crippen molar-refractivity contribution in [2.75, 3.05) is 20.1 Å². The van der Waals surface area contributed by atoms with Gasteiger partial charge in [-0.25, -0.2) is 0 Å². The van der Waals surface area contributed by atoms with Crippen molar-refractivity contribution in [1.29, 1.82) is 0 Å². The molecule has 0 saturated carbocycles. The topological polar surface area (TPSA) is 69.7 Å². The quantitative estimate of drug-likeness (QED) is 0.678. The molecule has 2 saturated heterocycles. The van der Waals surface area contributed by atoms with Crippen LogP contribution in [0.2, 0.25) is 0 Å². The number of rotatable bonds is 3. The molecule has 2 rings (SSSR count). The molecule has 2 aliphatic heterocycles. The molecular formula is C12H19N3O3. The van der Waals surface area contributed by atoms with Crippen LogP contribution in [-0.2, 0) is 14.4 Å². The van der Waals surface area contributed by atoms with E-state index in [9.17, 15) is 14.4 Å². The van der Waals surface area contributed by atoms with Crippen LogP contribution >= 0.6 is 0 Å². The Kier molecular flexibility index (Phi) is 3.65. The summed E-state index contributed by atoms with van der Waals surface area (Å²) in [4.78, 5) is 38.1. The molecule has 6 heteroatoms. The second-order valence-corrected chi connectivity index (χ2v) is 4.97. The van der Waals surface area contributed by atoms with Gasteiger partial charge in [-0.1, -0.05) is 0 Å². The Hall–Kier alpha value is -1.43. The number of carbonyl (C=O) groups is 3.